The molecule has 1 aliphatic carbocycles. The molecule has 0 aliphatic heterocycles. The van der Waals surface area contributed by atoms with Gasteiger partial charge in [0.1, 0.15) is 18.2 Å². The van der Waals surface area contributed by atoms with Crippen LogP contribution >= 0.6 is 0 Å². The third kappa shape index (κ3) is 3.36. The van der Waals surface area contributed by atoms with Crippen LogP contribution in [0.25, 0.3) is 0 Å². The van der Waals surface area contributed by atoms with Gasteiger partial charge in [-0.05, 0) is 31.0 Å². The Hall–Kier alpha value is -2.01. The summed E-state index contributed by atoms with van der Waals surface area (Å²) >= 11 is 0. The fourth-order valence-corrected chi connectivity index (χ4v) is 2.52. The lowest BCUT2D eigenvalue weighted by atomic mass is 10.1. The van der Waals surface area contributed by atoms with Gasteiger partial charge in [-0.1, -0.05) is 12.1 Å². The fraction of sp³-hybridized carbons (Fsp3) is 0.375. The summed E-state index contributed by atoms with van der Waals surface area (Å²) in [6.45, 7) is 2.35. The van der Waals surface area contributed by atoms with Gasteiger partial charge in [-0.3, -0.25) is 0 Å². The van der Waals surface area contributed by atoms with Crippen molar-refractivity contribution in [2.24, 2.45) is 0 Å². The molecule has 0 radical (unpaired) electrons. The Morgan fingerprint density at radius 2 is 2.05 bits per heavy atom. The molecule has 21 heavy (non-hydrogen) atoms. The number of halogens is 1. The third-order valence-electron chi connectivity index (χ3n) is 3.60. The molecule has 0 amide bonds. The average Bonchev–Trinajstić information content (AvgIpc) is 3.18. The van der Waals surface area contributed by atoms with Gasteiger partial charge in [0.2, 0.25) is 0 Å². The Bertz CT molecular complexity index is 630. The molecule has 1 aliphatic rings. The van der Waals surface area contributed by atoms with Gasteiger partial charge in [0.25, 0.3) is 0 Å². The number of aromatic nitrogens is 2. The first-order valence-electron chi connectivity index (χ1n) is 7.01. The molecular formula is C16H18FN3O. The van der Waals surface area contributed by atoms with E-state index < -0.39 is 0 Å². The van der Waals surface area contributed by atoms with Gasteiger partial charge in [0, 0.05) is 30.8 Å². The first-order valence-corrected chi connectivity index (χ1v) is 7.01. The lowest BCUT2D eigenvalue weighted by Gasteiger charge is -2.08. The first-order chi connectivity index (χ1) is 10.2. The molecule has 2 aromatic rings. The van der Waals surface area contributed by atoms with Crippen molar-refractivity contribution < 1.29 is 9.13 Å². The number of anilines is 1. The molecule has 0 saturated heterocycles. The van der Waals surface area contributed by atoms with E-state index in [0.29, 0.717) is 24.4 Å². The molecule has 0 bridgehead atoms. The van der Waals surface area contributed by atoms with Crippen molar-refractivity contribution in [3.63, 3.8) is 0 Å². The predicted molar refractivity (Wildman–Crippen MR) is 78.7 cm³/mol. The summed E-state index contributed by atoms with van der Waals surface area (Å²) in [5.41, 5.74) is 2.08. The molecule has 4 nitrogen and oxygen atoms in total. The Kier molecular flexibility index (Phi) is 3.84. The second-order valence-corrected chi connectivity index (χ2v) is 5.39. The largest absolute Gasteiger partial charge is 0.377 e. The topological polar surface area (TPSA) is 47.0 Å². The molecule has 110 valence electrons. The summed E-state index contributed by atoms with van der Waals surface area (Å²) in [5.74, 6) is 1.73. The monoisotopic (exact) mass is 287 g/mol. The van der Waals surface area contributed by atoms with Gasteiger partial charge in [0.05, 0.1) is 0 Å². The molecule has 1 fully saturated rings. The summed E-state index contributed by atoms with van der Waals surface area (Å²) in [7, 11) is 1.63. The molecule has 1 saturated carbocycles. The van der Waals surface area contributed by atoms with Gasteiger partial charge in [-0.15, -0.1) is 0 Å². The highest BCUT2D eigenvalue weighted by Crippen LogP contribution is 2.42. The molecule has 1 aromatic carbocycles. The van der Waals surface area contributed by atoms with Gasteiger partial charge >= 0.3 is 0 Å². The van der Waals surface area contributed by atoms with Crippen LogP contribution in [0.15, 0.2) is 30.3 Å². The lowest BCUT2D eigenvalue weighted by Crippen LogP contribution is -2.09. The maximum absolute atomic E-state index is 12.9. The maximum Gasteiger partial charge on any atom is 0.156 e. The minimum Gasteiger partial charge on any atom is -0.377 e. The van der Waals surface area contributed by atoms with Crippen molar-refractivity contribution in [1.82, 2.24) is 9.97 Å². The van der Waals surface area contributed by atoms with Crippen LogP contribution in [0.5, 0.6) is 0 Å². The molecule has 2 atom stereocenters. The zero-order valence-corrected chi connectivity index (χ0v) is 12.1. The summed E-state index contributed by atoms with van der Waals surface area (Å²) in [6, 6.07) is 9.00. The van der Waals surface area contributed by atoms with Crippen molar-refractivity contribution in [3.05, 3.63) is 53.2 Å². The number of rotatable bonds is 5. The number of hydrogen-bond donors (Lipinski definition) is 1. The van der Waals surface area contributed by atoms with Crippen LogP contribution in [0.4, 0.5) is 10.2 Å². The van der Waals surface area contributed by atoms with E-state index in [9.17, 15) is 4.39 Å². The van der Waals surface area contributed by atoms with Crippen molar-refractivity contribution in [1.29, 1.82) is 0 Å². The maximum atomic E-state index is 12.9. The van der Waals surface area contributed by atoms with Gasteiger partial charge in [-0.2, -0.15) is 0 Å². The molecule has 0 spiro atoms. The minimum absolute atomic E-state index is 0.195. The molecular weight excluding hydrogens is 269 g/mol. The average molecular weight is 287 g/mol. The second kappa shape index (κ2) is 5.77. The number of ether oxygens (including phenoxy) is 1. The predicted octanol–water partition coefficient (Wildman–Crippen LogP) is 3.04. The normalized spacial score (nSPS) is 20.3. The number of methoxy groups -OCH3 is 1. The van der Waals surface area contributed by atoms with Gasteiger partial charge < -0.3 is 10.1 Å². The smallest absolute Gasteiger partial charge is 0.156 e. The zero-order chi connectivity index (χ0) is 14.8. The summed E-state index contributed by atoms with van der Waals surface area (Å²) in [6.07, 6.45) is 1.04. The summed E-state index contributed by atoms with van der Waals surface area (Å²) in [5, 5.41) is 3.42. The Balaban J connectivity index is 1.67. The standard InChI is InChI=1S/C16H18FN3O/c1-10-7-15(20-16(18-10)9-21-2)19-14-8-13(14)11-3-5-12(17)6-4-11/h3-7,13-14H,8-9H2,1-2H3,(H,18,19,20)/t13-,14+/m0/s1. The third-order valence-corrected chi connectivity index (χ3v) is 3.60. The quantitative estimate of drug-likeness (QED) is 0.918. The number of nitrogens with zero attached hydrogens (tertiary/aromatic N) is 2. The van der Waals surface area contributed by atoms with Crippen molar-refractivity contribution in [3.8, 4) is 0 Å². The molecule has 1 heterocycles. The van der Waals surface area contributed by atoms with Crippen molar-refractivity contribution in [2.45, 2.75) is 31.9 Å². The number of benzene rings is 1. The number of nitrogens with one attached hydrogen (secondary N) is 1. The minimum atomic E-state index is -0.195. The second-order valence-electron chi connectivity index (χ2n) is 5.39. The van der Waals surface area contributed by atoms with Crippen molar-refractivity contribution >= 4 is 5.82 Å². The molecule has 5 heteroatoms. The highest BCUT2D eigenvalue weighted by molar-refractivity contribution is 5.42. The molecule has 3 rings (SSSR count). The Morgan fingerprint density at radius 3 is 2.76 bits per heavy atom. The van der Waals surface area contributed by atoms with Gasteiger partial charge in [0.15, 0.2) is 5.82 Å². The molecule has 1 aromatic heterocycles. The van der Waals surface area contributed by atoms with Crippen LogP contribution in [-0.4, -0.2) is 23.1 Å². The highest BCUT2D eigenvalue weighted by atomic mass is 19.1. The summed E-state index contributed by atoms with van der Waals surface area (Å²) < 4.78 is 18.0. The van der Waals surface area contributed by atoms with Crippen LogP contribution in [0, 0.1) is 12.7 Å². The van der Waals surface area contributed by atoms with Gasteiger partial charge in [-0.25, -0.2) is 14.4 Å². The van der Waals surface area contributed by atoms with Crippen LogP contribution in [-0.2, 0) is 11.3 Å². The van der Waals surface area contributed by atoms with E-state index in [-0.39, 0.29) is 5.82 Å². The number of hydrogen-bond acceptors (Lipinski definition) is 4. The Labute approximate surface area is 123 Å². The molecule has 0 unspecified atom stereocenters. The van der Waals surface area contributed by atoms with Crippen LogP contribution in [0.1, 0.15) is 29.4 Å². The van der Waals surface area contributed by atoms with E-state index in [1.165, 1.54) is 12.1 Å². The van der Waals surface area contributed by atoms with Crippen LogP contribution < -0.4 is 5.32 Å². The van der Waals surface area contributed by atoms with E-state index >= 15 is 0 Å². The van der Waals surface area contributed by atoms with Crippen LogP contribution in [0.3, 0.4) is 0 Å². The van der Waals surface area contributed by atoms with E-state index in [2.05, 4.69) is 15.3 Å². The molecule has 1 N–H and O–H groups in total. The summed E-state index contributed by atoms with van der Waals surface area (Å²) in [4.78, 5) is 8.76. The Morgan fingerprint density at radius 1 is 1.29 bits per heavy atom. The number of aryl methyl sites for hydroxylation is 1. The zero-order valence-electron chi connectivity index (χ0n) is 12.1. The van der Waals surface area contributed by atoms with Crippen LogP contribution in [0.2, 0.25) is 0 Å². The highest BCUT2D eigenvalue weighted by Gasteiger charge is 2.38. The van der Waals surface area contributed by atoms with E-state index in [1.807, 2.05) is 25.1 Å². The SMILES string of the molecule is COCc1nc(C)cc(N[C@@H]2C[C@H]2c2ccc(F)cc2)n1. The lowest BCUT2D eigenvalue weighted by molar-refractivity contribution is 0.177. The van der Waals surface area contributed by atoms with E-state index in [4.69, 9.17) is 4.74 Å². The van der Waals surface area contributed by atoms with Crippen molar-refractivity contribution in [2.75, 3.05) is 12.4 Å². The fourth-order valence-electron chi connectivity index (χ4n) is 2.52. The van der Waals surface area contributed by atoms with E-state index in [0.717, 1.165) is 23.5 Å². The first kappa shape index (κ1) is 13.9. The van der Waals surface area contributed by atoms with E-state index in [1.54, 1.807) is 7.11 Å².